The minimum absolute atomic E-state index is 0.662. The molecule has 1 N–H and O–H groups in total. The number of pyridine rings is 1. The van der Waals surface area contributed by atoms with Gasteiger partial charge in [0.25, 0.3) is 0 Å². The molecule has 2 aromatic heterocycles. The number of aromatic nitrogens is 2. The van der Waals surface area contributed by atoms with Crippen LogP contribution in [-0.2, 0) is 6.42 Å². The number of para-hydroxylation sites is 1. The van der Waals surface area contributed by atoms with E-state index in [1.54, 1.807) is 13.3 Å². The quantitative estimate of drug-likeness (QED) is 0.368. The molecule has 0 saturated carbocycles. The second-order valence-corrected chi connectivity index (χ2v) is 9.12. The van der Waals surface area contributed by atoms with Crippen LogP contribution in [0.25, 0.3) is 22.0 Å². The first-order valence-electron chi connectivity index (χ1n) is 12.3. The van der Waals surface area contributed by atoms with Crippen LogP contribution in [-0.4, -0.2) is 41.6 Å². The van der Waals surface area contributed by atoms with E-state index < -0.39 is 0 Å². The number of hydrogen-bond donors (Lipinski definition) is 1. The third-order valence-electron chi connectivity index (χ3n) is 7.07. The summed E-state index contributed by atoms with van der Waals surface area (Å²) >= 11 is 0. The van der Waals surface area contributed by atoms with E-state index in [0.29, 0.717) is 5.88 Å². The second kappa shape index (κ2) is 9.43. The van der Waals surface area contributed by atoms with Crippen LogP contribution in [0.5, 0.6) is 17.4 Å². The molecule has 0 bridgehead atoms. The van der Waals surface area contributed by atoms with Crippen LogP contribution in [0.4, 0.5) is 0 Å². The predicted molar refractivity (Wildman–Crippen MR) is 141 cm³/mol. The van der Waals surface area contributed by atoms with Gasteiger partial charge in [-0.1, -0.05) is 36.4 Å². The Morgan fingerprint density at radius 3 is 2.91 bits per heavy atom. The van der Waals surface area contributed by atoms with Crippen molar-refractivity contribution in [3.63, 3.8) is 0 Å². The van der Waals surface area contributed by atoms with Crippen LogP contribution in [0, 0.1) is 0 Å². The Morgan fingerprint density at radius 1 is 1.09 bits per heavy atom. The lowest BCUT2D eigenvalue weighted by Gasteiger charge is -2.26. The van der Waals surface area contributed by atoms with Gasteiger partial charge >= 0.3 is 0 Å². The number of nitrogens with zero attached hydrogens (tertiary/aromatic N) is 2. The van der Waals surface area contributed by atoms with Gasteiger partial charge in [-0.05, 0) is 54.3 Å². The number of ether oxygens (including phenoxy) is 2. The predicted octanol–water partition coefficient (Wildman–Crippen LogP) is 6.48. The number of rotatable bonds is 5. The molecule has 5 heteroatoms. The molecule has 2 aliphatic rings. The summed E-state index contributed by atoms with van der Waals surface area (Å²) in [6.07, 6.45) is 11.5. The van der Waals surface area contributed by atoms with E-state index in [1.165, 1.54) is 27.6 Å². The molecular weight excluding hydrogens is 434 g/mol. The van der Waals surface area contributed by atoms with E-state index in [0.717, 1.165) is 61.5 Å². The Balaban J connectivity index is 1.18. The number of hydrogen-bond acceptors (Lipinski definition) is 4. The first-order chi connectivity index (χ1) is 17.3. The van der Waals surface area contributed by atoms with Gasteiger partial charge < -0.3 is 14.5 Å². The summed E-state index contributed by atoms with van der Waals surface area (Å²) in [5.41, 5.74) is 7.37. The maximum Gasteiger partial charge on any atom is 0.226 e. The maximum absolute atomic E-state index is 6.20. The lowest BCUT2D eigenvalue weighted by atomic mass is 9.97. The zero-order valence-corrected chi connectivity index (χ0v) is 20.0. The highest BCUT2D eigenvalue weighted by Gasteiger charge is 2.22. The maximum atomic E-state index is 6.20. The number of H-pyrrole nitrogens is 1. The molecule has 2 aromatic carbocycles. The lowest BCUT2D eigenvalue weighted by Crippen LogP contribution is -2.29. The summed E-state index contributed by atoms with van der Waals surface area (Å²) in [5, 5.41) is 1.32. The molecule has 6 rings (SSSR count). The van der Waals surface area contributed by atoms with E-state index in [9.17, 15) is 0 Å². The molecule has 2 aliphatic heterocycles. The molecule has 0 radical (unpaired) electrons. The lowest BCUT2D eigenvalue weighted by molar-refractivity contribution is 0.308. The highest BCUT2D eigenvalue weighted by Crippen LogP contribution is 2.41. The van der Waals surface area contributed by atoms with E-state index in [4.69, 9.17) is 9.47 Å². The van der Waals surface area contributed by atoms with Crippen LogP contribution in [0.3, 0.4) is 0 Å². The summed E-state index contributed by atoms with van der Waals surface area (Å²) in [7, 11) is 1.71. The number of benzene rings is 2. The standard InChI is InChI=1S/C30H29N3O2/c1-34-28-11-4-12-29-25(28)19-22(23-9-5-15-31-30(23)35-29)7-6-16-33-17-13-21(14-18-33)26-20-32-27-10-3-2-8-24(26)27/h2-5,7-13,15,20,32H,6,14,16-19H2,1H3/b22-7-. The minimum Gasteiger partial charge on any atom is -0.496 e. The van der Waals surface area contributed by atoms with E-state index in [-0.39, 0.29) is 0 Å². The molecule has 0 amide bonds. The SMILES string of the molecule is COc1cccc2c1C/C(=C/CCN1CC=C(c3c[nH]c4ccccc34)CC1)c1cccnc1O2. The summed E-state index contributed by atoms with van der Waals surface area (Å²) in [6, 6.07) is 18.6. The minimum atomic E-state index is 0.662. The summed E-state index contributed by atoms with van der Waals surface area (Å²) < 4.78 is 11.8. The summed E-state index contributed by atoms with van der Waals surface area (Å²) in [5.74, 6) is 2.33. The molecule has 0 fully saturated rings. The van der Waals surface area contributed by atoms with Crippen molar-refractivity contribution in [1.82, 2.24) is 14.9 Å². The van der Waals surface area contributed by atoms with Gasteiger partial charge in [-0.2, -0.15) is 0 Å². The van der Waals surface area contributed by atoms with Crippen molar-refractivity contribution in [2.75, 3.05) is 26.7 Å². The Labute approximate surface area is 205 Å². The number of nitrogens with one attached hydrogen (secondary N) is 1. The third-order valence-corrected chi connectivity index (χ3v) is 7.07. The van der Waals surface area contributed by atoms with Crippen molar-refractivity contribution in [2.45, 2.75) is 19.3 Å². The Kier molecular flexibility index (Phi) is 5.84. The van der Waals surface area contributed by atoms with Gasteiger partial charge in [-0.25, -0.2) is 4.98 Å². The third kappa shape index (κ3) is 4.24. The average molecular weight is 464 g/mol. The zero-order valence-electron chi connectivity index (χ0n) is 20.0. The van der Waals surface area contributed by atoms with Crippen molar-refractivity contribution in [1.29, 1.82) is 0 Å². The summed E-state index contributed by atoms with van der Waals surface area (Å²) in [4.78, 5) is 10.4. The normalized spacial score (nSPS) is 16.8. The molecule has 0 unspecified atom stereocenters. The van der Waals surface area contributed by atoms with Crippen molar-refractivity contribution in [2.24, 2.45) is 0 Å². The zero-order chi connectivity index (χ0) is 23.6. The van der Waals surface area contributed by atoms with Crippen molar-refractivity contribution >= 4 is 22.0 Å². The van der Waals surface area contributed by atoms with Gasteiger partial charge in [0.15, 0.2) is 0 Å². The van der Waals surface area contributed by atoms with Gasteiger partial charge in [-0.15, -0.1) is 0 Å². The van der Waals surface area contributed by atoms with Crippen LogP contribution in [0.2, 0.25) is 0 Å². The Morgan fingerprint density at radius 2 is 2.03 bits per heavy atom. The fourth-order valence-corrected chi connectivity index (χ4v) is 5.21. The van der Waals surface area contributed by atoms with Gasteiger partial charge in [0.05, 0.1) is 7.11 Å². The number of aromatic amines is 1. The average Bonchev–Trinajstić information content (AvgIpc) is 3.26. The molecular formula is C30H29N3O2. The van der Waals surface area contributed by atoms with Gasteiger partial charge in [-0.3, -0.25) is 4.90 Å². The van der Waals surface area contributed by atoms with Crippen LogP contribution in [0.1, 0.15) is 29.5 Å². The molecule has 35 heavy (non-hydrogen) atoms. The van der Waals surface area contributed by atoms with Crippen molar-refractivity contribution < 1.29 is 9.47 Å². The van der Waals surface area contributed by atoms with Gasteiger partial charge in [0.1, 0.15) is 11.5 Å². The number of methoxy groups -OCH3 is 1. The largest absolute Gasteiger partial charge is 0.496 e. The Hall–Kier alpha value is -3.83. The van der Waals surface area contributed by atoms with Crippen LogP contribution >= 0.6 is 0 Å². The van der Waals surface area contributed by atoms with Crippen molar-refractivity contribution in [3.05, 3.63) is 95.8 Å². The van der Waals surface area contributed by atoms with Crippen molar-refractivity contribution in [3.8, 4) is 17.4 Å². The highest BCUT2D eigenvalue weighted by atomic mass is 16.5. The van der Waals surface area contributed by atoms with E-state index in [1.807, 2.05) is 24.3 Å². The summed E-state index contributed by atoms with van der Waals surface area (Å²) in [6.45, 7) is 3.08. The highest BCUT2D eigenvalue weighted by molar-refractivity contribution is 5.92. The molecule has 0 spiro atoms. The van der Waals surface area contributed by atoms with Crippen LogP contribution < -0.4 is 9.47 Å². The van der Waals surface area contributed by atoms with Crippen LogP contribution in [0.15, 0.2) is 79.1 Å². The van der Waals surface area contributed by atoms with E-state index in [2.05, 4.69) is 63.5 Å². The first-order valence-corrected chi connectivity index (χ1v) is 12.3. The smallest absolute Gasteiger partial charge is 0.226 e. The molecule has 4 heterocycles. The second-order valence-electron chi connectivity index (χ2n) is 9.12. The molecule has 176 valence electrons. The number of allylic oxidation sites excluding steroid dienone is 1. The molecule has 0 atom stereocenters. The topological polar surface area (TPSA) is 50.4 Å². The van der Waals surface area contributed by atoms with Gasteiger partial charge in [0, 0.05) is 66.0 Å². The molecule has 5 nitrogen and oxygen atoms in total. The molecule has 4 aromatic rings. The van der Waals surface area contributed by atoms with Gasteiger partial charge in [0.2, 0.25) is 5.88 Å². The first kappa shape index (κ1) is 21.7. The molecule has 0 aliphatic carbocycles. The monoisotopic (exact) mass is 463 g/mol. The molecule has 0 saturated heterocycles. The fraction of sp³-hybridized carbons (Fsp3) is 0.233. The fourth-order valence-electron chi connectivity index (χ4n) is 5.21. The Bertz CT molecular complexity index is 1430. The number of fused-ring (bicyclic) bond motifs is 3. The van der Waals surface area contributed by atoms with E-state index >= 15 is 0 Å².